The van der Waals surface area contributed by atoms with Crippen molar-refractivity contribution in [1.82, 2.24) is 9.71 Å². The third kappa shape index (κ3) is 5.18. The number of hydrogen-bond donors (Lipinski definition) is 2. The second-order valence-corrected chi connectivity index (χ2v) is 7.71. The van der Waals surface area contributed by atoms with Gasteiger partial charge in [0, 0.05) is 41.6 Å². The molecule has 1 rings (SSSR count). The van der Waals surface area contributed by atoms with Gasteiger partial charge in [0.15, 0.2) is 0 Å². The average Bonchev–Trinajstić information content (AvgIpc) is 2.37. The average molecular weight is 319 g/mol. The number of nitrogens with zero attached hydrogens (tertiary/aromatic N) is 1. The second kappa shape index (κ2) is 7.70. The van der Waals surface area contributed by atoms with Gasteiger partial charge in [-0.1, -0.05) is 0 Å². The van der Waals surface area contributed by atoms with Crippen molar-refractivity contribution in [3.8, 4) is 0 Å². The summed E-state index contributed by atoms with van der Waals surface area (Å²) < 4.78 is 38.3. The third-order valence-corrected chi connectivity index (χ3v) is 5.03. The molecule has 114 valence electrons. The van der Waals surface area contributed by atoms with Crippen molar-refractivity contribution in [2.75, 3.05) is 23.9 Å². The van der Waals surface area contributed by atoms with E-state index in [-0.39, 0.29) is 10.9 Å². The first kappa shape index (κ1) is 17.1. The number of hydrogen-bond acceptors (Lipinski definition) is 5. The van der Waals surface area contributed by atoms with Crippen molar-refractivity contribution in [3.63, 3.8) is 0 Å². The molecule has 0 amide bonds. The van der Waals surface area contributed by atoms with Crippen LogP contribution in [0.4, 0.5) is 5.82 Å². The molecule has 2 N–H and O–H groups in total. The van der Waals surface area contributed by atoms with Crippen LogP contribution in [0, 0.1) is 0 Å². The van der Waals surface area contributed by atoms with Crippen LogP contribution in [-0.2, 0) is 20.8 Å². The number of anilines is 1. The molecule has 0 spiro atoms. The molecular weight excluding hydrogens is 298 g/mol. The van der Waals surface area contributed by atoms with Gasteiger partial charge in [-0.15, -0.1) is 0 Å². The van der Waals surface area contributed by atoms with Crippen molar-refractivity contribution < 1.29 is 12.6 Å². The molecule has 0 saturated heterocycles. The van der Waals surface area contributed by atoms with Crippen LogP contribution in [0.15, 0.2) is 23.2 Å². The minimum Gasteiger partial charge on any atom is -0.369 e. The molecule has 2 atom stereocenters. The van der Waals surface area contributed by atoms with Crippen molar-refractivity contribution in [2.24, 2.45) is 0 Å². The maximum absolute atomic E-state index is 12.3. The number of aromatic nitrogens is 1. The van der Waals surface area contributed by atoms with E-state index in [4.69, 9.17) is 0 Å². The van der Waals surface area contributed by atoms with Gasteiger partial charge >= 0.3 is 0 Å². The summed E-state index contributed by atoms with van der Waals surface area (Å²) in [5.41, 5.74) is 0. The molecular formula is C12H21N3O3S2. The smallest absolute Gasteiger partial charge is 0.244 e. The summed E-state index contributed by atoms with van der Waals surface area (Å²) in [7, 11) is -4.56. The topological polar surface area (TPSA) is 88.2 Å². The molecule has 0 bridgehead atoms. The summed E-state index contributed by atoms with van der Waals surface area (Å²) in [6, 6.07) is 2.82. The summed E-state index contributed by atoms with van der Waals surface area (Å²) >= 11 is 0. The fourth-order valence-electron chi connectivity index (χ4n) is 1.64. The summed E-state index contributed by atoms with van der Waals surface area (Å²) in [6.45, 7) is 4.22. The standard InChI is InChI=1S/C12H21N3O3S2/c1-4-13-12-11(6-5-8-14-12)20(17,18)15-10(2)7-9-19(3)16/h5-6,8,10,15H,4,7,9H2,1-3H3,(H,13,14). The van der Waals surface area contributed by atoms with Crippen LogP contribution < -0.4 is 10.0 Å². The molecule has 0 saturated carbocycles. The Bertz CT molecular complexity index is 561. The Balaban J connectivity index is 2.85. The van der Waals surface area contributed by atoms with Gasteiger partial charge in [0.1, 0.15) is 10.7 Å². The fourth-order valence-corrected chi connectivity index (χ4v) is 3.73. The SMILES string of the molecule is CCNc1ncccc1S(=O)(=O)NC(C)CCS(C)=O. The third-order valence-electron chi connectivity index (χ3n) is 2.60. The lowest BCUT2D eigenvalue weighted by Gasteiger charge is -2.15. The lowest BCUT2D eigenvalue weighted by atomic mass is 10.3. The van der Waals surface area contributed by atoms with Crippen molar-refractivity contribution >= 4 is 26.6 Å². The first-order chi connectivity index (χ1) is 9.36. The zero-order chi connectivity index (χ0) is 15.2. The number of sulfonamides is 1. The van der Waals surface area contributed by atoms with Gasteiger partial charge < -0.3 is 5.32 Å². The van der Waals surface area contributed by atoms with E-state index in [2.05, 4.69) is 15.0 Å². The minimum atomic E-state index is -3.63. The van der Waals surface area contributed by atoms with Gasteiger partial charge in [-0.3, -0.25) is 4.21 Å². The van der Waals surface area contributed by atoms with Crippen LogP contribution in [0.2, 0.25) is 0 Å². The molecule has 1 aromatic rings. The van der Waals surface area contributed by atoms with Gasteiger partial charge in [0.05, 0.1) is 0 Å². The highest BCUT2D eigenvalue weighted by Gasteiger charge is 2.21. The summed E-state index contributed by atoms with van der Waals surface area (Å²) in [4.78, 5) is 4.17. The molecule has 20 heavy (non-hydrogen) atoms. The molecule has 1 heterocycles. The molecule has 0 fully saturated rings. The zero-order valence-electron chi connectivity index (χ0n) is 11.9. The molecule has 0 radical (unpaired) electrons. The van der Waals surface area contributed by atoms with E-state index in [1.54, 1.807) is 25.4 Å². The molecule has 8 heteroatoms. The van der Waals surface area contributed by atoms with Crippen molar-refractivity contribution in [3.05, 3.63) is 18.3 Å². The Hall–Kier alpha value is -0.990. The van der Waals surface area contributed by atoms with E-state index in [1.165, 1.54) is 6.07 Å². The lowest BCUT2D eigenvalue weighted by molar-refractivity contribution is 0.555. The normalized spacial score (nSPS) is 14.8. The lowest BCUT2D eigenvalue weighted by Crippen LogP contribution is -2.34. The first-order valence-corrected chi connectivity index (χ1v) is 9.59. The minimum absolute atomic E-state index is 0.131. The summed E-state index contributed by atoms with van der Waals surface area (Å²) in [5.74, 6) is 0.810. The Morgan fingerprint density at radius 3 is 2.75 bits per heavy atom. The predicted octanol–water partition coefficient (Wildman–Crippen LogP) is 0.949. The van der Waals surface area contributed by atoms with E-state index in [1.807, 2.05) is 6.92 Å². The van der Waals surface area contributed by atoms with Crippen LogP contribution in [0.1, 0.15) is 20.3 Å². The zero-order valence-corrected chi connectivity index (χ0v) is 13.6. The van der Waals surface area contributed by atoms with Crippen molar-refractivity contribution in [1.29, 1.82) is 0 Å². The van der Waals surface area contributed by atoms with E-state index >= 15 is 0 Å². The molecule has 1 aromatic heterocycles. The van der Waals surface area contributed by atoms with Crippen LogP contribution in [0.5, 0.6) is 0 Å². The highest BCUT2D eigenvalue weighted by Crippen LogP contribution is 2.18. The summed E-state index contributed by atoms with van der Waals surface area (Å²) in [5, 5.41) is 2.93. The number of nitrogens with one attached hydrogen (secondary N) is 2. The Morgan fingerprint density at radius 2 is 2.15 bits per heavy atom. The number of rotatable bonds is 8. The summed E-state index contributed by atoms with van der Waals surface area (Å²) in [6.07, 6.45) is 3.67. The van der Waals surface area contributed by atoms with E-state index < -0.39 is 20.8 Å². The molecule has 0 aromatic carbocycles. The van der Waals surface area contributed by atoms with E-state index in [9.17, 15) is 12.6 Å². The molecule has 0 aliphatic carbocycles. The Morgan fingerprint density at radius 1 is 1.45 bits per heavy atom. The van der Waals surface area contributed by atoms with Crippen LogP contribution >= 0.6 is 0 Å². The molecule has 6 nitrogen and oxygen atoms in total. The Kier molecular flexibility index (Phi) is 6.57. The van der Waals surface area contributed by atoms with Crippen LogP contribution in [0.25, 0.3) is 0 Å². The molecule has 0 aliphatic heterocycles. The monoisotopic (exact) mass is 319 g/mol. The molecule has 0 aliphatic rings. The van der Waals surface area contributed by atoms with Gasteiger partial charge in [-0.2, -0.15) is 0 Å². The highest BCUT2D eigenvalue weighted by atomic mass is 32.2. The first-order valence-electron chi connectivity index (χ1n) is 6.38. The van der Waals surface area contributed by atoms with Crippen LogP contribution in [-0.4, -0.2) is 42.2 Å². The number of pyridine rings is 1. The highest BCUT2D eigenvalue weighted by molar-refractivity contribution is 7.89. The van der Waals surface area contributed by atoms with Gasteiger partial charge in [0.25, 0.3) is 0 Å². The van der Waals surface area contributed by atoms with E-state index in [0.29, 0.717) is 24.5 Å². The van der Waals surface area contributed by atoms with Gasteiger partial charge in [0.2, 0.25) is 10.0 Å². The largest absolute Gasteiger partial charge is 0.369 e. The van der Waals surface area contributed by atoms with Gasteiger partial charge in [-0.25, -0.2) is 18.1 Å². The molecule has 2 unspecified atom stereocenters. The van der Waals surface area contributed by atoms with Gasteiger partial charge in [-0.05, 0) is 32.4 Å². The van der Waals surface area contributed by atoms with E-state index in [0.717, 1.165) is 0 Å². The second-order valence-electron chi connectivity index (χ2n) is 4.47. The van der Waals surface area contributed by atoms with Crippen LogP contribution in [0.3, 0.4) is 0 Å². The fraction of sp³-hybridized carbons (Fsp3) is 0.583. The predicted molar refractivity (Wildman–Crippen MR) is 81.7 cm³/mol. The quantitative estimate of drug-likeness (QED) is 0.745. The Labute approximate surface area is 122 Å². The van der Waals surface area contributed by atoms with Crippen molar-refractivity contribution in [2.45, 2.75) is 31.2 Å². The maximum Gasteiger partial charge on any atom is 0.244 e. The maximum atomic E-state index is 12.3.